The van der Waals surface area contributed by atoms with Crippen molar-refractivity contribution in [2.75, 3.05) is 19.7 Å². The van der Waals surface area contributed by atoms with Crippen molar-refractivity contribution in [2.24, 2.45) is 5.92 Å². The molecule has 2 unspecified atom stereocenters. The minimum atomic E-state index is -0.0773. The Morgan fingerprint density at radius 3 is 3.10 bits per heavy atom. The van der Waals surface area contributed by atoms with Crippen molar-refractivity contribution in [3.63, 3.8) is 0 Å². The van der Waals surface area contributed by atoms with Crippen LogP contribution in [0.25, 0.3) is 10.9 Å². The molecular weight excluding hydrogens is 284 g/mol. The van der Waals surface area contributed by atoms with Crippen LogP contribution in [0, 0.1) is 5.92 Å². The predicted molar refractivity (Wildman–Crippen MR) is 85.7 cm³/mol. The first-order chi connectivity index (χ1) is 10.1. The standard InChI is InChI=1S/C17H21ClN2O/c1-17-11(10-21)3-2-7-20(17)8-6-13-14-9-12(18)4-5-15(14)19-16(13)17/h4-5,9,11,19,21H,2-3,6-8,10H2,1H3. The van der Waals surface area contributed by atoms with Gasteiger partial charge in [0.1, 0.15) is 0 Å². The number of aromatic amines is 1. The number of piperidine rings is 1. The number of H-pyrrole nitrogens is 1. The van der Waals surface area contributed by atoms with Crippen LogP contribution < -0.4 is 0 Å². The Kier molecular flexibility index (Phi) is 3.07. The molecule has 0 saturated carbocycles. The number of aliphatic hydroxyl groups excluding tert-OH is 1. The fourth-order valence-corrected chi connectivity index (χ4v) is 4.61. The van der Waals surface area contributed by atoms with Gasteiger partial charge in [-0.15, -0.1) is 0 Å². The van der Waals surface area contributed by atoms with Crippen LogP contribution >= 0.6 is 11.6 Å². The highest BCUT2D eigenvalue weighted by atomic mass is 35.5. The molecule has 3 nitrogen and oxygen atoms in total. The van der Waals surface area contributed by atoms with Gasteiger partial charge in [-0.25, -0.2) is 0 Å². The van der Waals surface area contributed by atoms with E-state index in [2.05, 4.69) is 28.9 Å². The molecule has 21 heavy (non-hydrogen) atoms. The Labute approximate surface area is 129 Å². The van der Waals surface area contributed by atoms with E-state index in [0.717, 1.165) is 36.5 Å². The zero-order valence-corrected chi connectivity index (χ0v) is 13.1. The highest BCUT2D eigenvalue weighted by Gasteiger charge is 2.47. The number of aliphatic hydroxyl groups is 1. The van der Waals surface area contributed by atoms with Crippen LogP contribution in [0.1, 0.15) is 31.0 Å². The summed E-state index contributed by atoms with van der Waals surface area (Å²) in [5, 5.41) is 11.9. The summed E-state index contributed by atoms with van der Waals surface area (Å²) in [7, 11) is 0. The first-order valence-electron chi connectivity index (χ1n) is 7.81. The zero-order chi connectivity index (χ0) is 14.6. The average molecular weight is 305 g/mol. The molecule has 1 saturated heterocycles. The van der Waals surface area contributed by atoms with E-state index in [-0.39, 0.29) is 12.1 Å². The summed E-state index contributed by atoms with van der Waals surface area (Å²) >= 11 is 6.18. The molecule has 2 atom stereocenters. The van der Waals surface area contributed by atoms with Gasteiger partial charge in [0.05, 0.1) is 5.54 Å². The second-order valence-corrected chi connectivity index (χ2v) is 7.01. The van der Waals surface area contributed by atoms with Crippen LogP contribution in [0.5, 0.6) is 0 Å². The summed E-state index contributed by atoms with van der Waals surface area (Å²) in [4.78, 5) is 6.19. The van der Waals surface area contributed by atoms with Crippen LogP contribution in [-0.2, 0) is 12.0 Å². The number of hydrogen-bond acceptors (Lipinski definition) is 2. The zero-order valence-electron chi connectivity index (χ0n) is 12.3. The number of fused-ring (bicyclic) bond motifs is 5. The van der Waals surface area contributed by atoms with Crippen molar-refractivity contribution in [3.05, 3.63) is 34.5 Å². The van der Waals surface area contributed by atoms with E-state index in [0.29, 0.717) is 5.92 Å². The molecule has 4 rings (SSSR count). The lowest BCUT2D eigenvalue weighted by Gasteiger charge is -2.52. The van der Waals surface area contributed by atoms with Crippen molar-refractivity contribution in [2.45, 2.75) is 31.7 Å². The Bertz CT molecular complexity index is 695. The van der Waals surface area contributed by atoms with Gasteiger partial charge in [0.25, 0.3) is 0 Å². The third-order valence-electron chi connectivity index (χ3n) is 5.66. The number of nitrogens with zero attached hydrogens (tertiary/aromatic N) is 1. The van der Waals surface area contributed by atoms with Crippen molar-refractivity contribution in [1.29, 1.82) is 0 Å². The number of benzene rings is 1. The van der Waals surface area contributed by atoms with E-state index in [1.165, 1.54) is 23.1 Å². The molecule has 3 heterocycles. The molecule has 2 aromatic rings. The quantitative estimate of drug-likeness (QED) is 0.848. The maximum atomic E-state index is 9.88. The number of rotatable bonds is 1. The number of hydrogen-bond donors (Lipinski definition) is 2. The summed E-state index contributed by atoms with van der Waals surface area (Å²) in [6, 6.07) is 6.08. The average Bonchev–Trinajstić information content (AvgIpc) is 2.85. The van der Waals surface area contributed by atoms with E-state index >= 15 is 0 Å². The van der Waals surface area contributed by atoms with Crippen molar-refractivity contribution in [3.8, 4) is 0 Å². The summed E-state index contributed by atoms with van der Waals surface area (Å²) in [6.07, 6.45) is 3.34. The normalized spacial score (nSPS) is 29.4. The topological polar surface area (TPSA) is 39.3 Å². The smallest absolute Gasteiger partial charge is 0.0636 e. The van der Waals surface area contributed by atoms with E-state index in [4.69, 9.17) is 11.6 Å². The molecule has 0 bridgehead atoms. The van der Waals surface area contributed by atoms with Gasteiger partial charge in [0.15, 0.2) is 0 Å². The monoisotopic (exact) mass is 304 g/mol. The first kappa shape index (κ1) is 13.6. The first-order valence-corrected chi connectivity index (χ1v) is 8.19. The van der Waals surface area contributed by atoms with Gasteiger partial charge in [-0.3, -0.25) is 4.90 Å². The summed E-state index contributed by atoms with van der Waals surface area (Å²) in [5.41, 5.74) is 3.78. The Morgan fingerprint density at radius 1 is 1.43 bits per heavy atom. The lowest BCUT2D eigenvalue weighted by atomic mass is 9.72. The molecule has 0 amide bonds. The van der Waals surface area contributed by atoms with E-state index in [1.807, 2.05) is 6.07 Å². The van der Waals surface area contributed by atoms with Gasteiger partial charge in [0, 0.05) is 40.7 Å². The summed E-state index contributed by atoms with van der Waals surface area (Å²) in [6.45, 7) is 4.74. The largest absolute Gasteiger partial charge is 0.396 e. The Balaban J connectivity index is 1.95. The Hall–Kier alpha value is -1.03. The summed E-state index contributed by atoms with van der Waals surface area (Å²) in [5.74, 6) is 0.300. The van der Waals surface area contributed by atoms with Gasteiger partial charge in [0.2, 0.25) is 0 Å². The minimum absolute atomic E-state index is 0.0773. The molecule has 2 aliphatic rings. The van der Waals surface area contributed by atoms with E-state index < -0.39 is 0 Å². The van der Waals surface area contributed by atoms with Gasteiger partial charge in [-0.05, 0) is 56.5 Å². The highest BCUT2D eigenvalue weighted by molar-refractivity contribution is 6.31. The molecule has 2 N–H and O–H groups in total. The molecule has 112 valence electrons. The molecule has 1 aromatic carbocycles. The van der Waals surface area contributed by atoms with Crippen LogP contribution in [0.2, 0.25) is 5.02 Å². The SMILES string of the molecule is CC12c3[nH]c4ccc(Cl)cc4c3CCN1CCCC2CO. The molecule has 4 heteroatoms. The van der Waals surface area contributed by atoms with E-state index in [9.17, 15) is 5.11 Å². The number of nitrogens with one attached hydrogen (secondary N) is 1. The number of halogens is 1. The molecule has 2 aliphatic heterocycles. The fraction of sp³-hybridized carbons (Fsp3) is 0.529. The third-order valence-corrected chi connectivity index (χ3v) is 5.89. The van der Waals surface area contributed by atoms with E-state index in [1.54, 1.807) is 0 Å². The number of aromatic nitrogens is 1. The molecule has 0 spiro atoms. The van der Waals surface area contributed by atoms with Crippen molar-refractivity contribution in [1.82, 2.24) is 9.88 Å². The molecular formula is C17H21ClN2O. The van der Waals surface area contributed by atoms with Gasteiger partial charge >= 0.3 is 0 Å². The molecule has 0 radical (unpaired) electrons. The minimum Gasteiger partial charge on any atom is -0.396 e. The highest BCUT2D eigenvalue weighted by Crippen LogP contribution is 2.47. The predicted octanol–water partition coefficient (Wildman–Crippen LogP) is 3.30. The second-order valence-electron chi connectivity index (χ2n) is 6.57. The second kappa shape index (κ2) is 4.73. The van der Waals surface area contributed by atoms with Gasteiger partial charge < -0.3 is 10.1 Å². The lowest BCUT2D eigenvalue weighted by molar-refractivity contribution is -0.0303. The molecule has 1 aromatic heterocycles. The molecule has 1 fully saturated rings. The lowest BCUT2D eigenvalue weighted by Crippen LogP contribution is -2.57. The third kappa shape index (κ3) is 1.81. The van der Waals surface area contributed by atoms with Crippen LogP contribution in [0.3, 0.4) is 0 Å². The van der Waals surface area contributed by atoms with Crippen LogP contribution in [-0.4, -0.2) is 34.7 Å². The Morgan fingerprint density at radius 2 is 2.29 bits per heavy atom. The fourth-order valence-electron chi connectivity index (χ4n) is 4.43. The van der Waals surface area contributed by atoms with Crippen molar-refractivity contribution >= 4 is 22.5 Å². The van der Waals surface area contributed by atoms with Gasteiger partial charge in [-0.2, -0.15) is 0 Å². The van der Waals surface area contributed by atoms with Crippen molar-refractivity contribution < 1.29 is 5.11 Å². The summed E-state index contributed by atoms with van der Waals surface area (Å²) < 4.78 is 0. The van der Waals surface area contributed by atoms with Gasteiger partial charge in [-0.1, -0.05) is 11.6 Å². The van der Waals surface area contributed by atoms with Crippen LogP contribution in [0.15, 0.2) is 18.2 Å². The maximum Gasteiger partial charge on any atom is 0.0636 e. The molecule has 0 aliphatic carbocycles. The van der Waals surface area contributed by atoms with Crippen LogP contribution in [0.4, 0.5) is 0 Å². The maximum absolute atomic E-state index is 9.88.